The van der Waals surface area contributed by atoms with Crippen molar-refractivity contribution in [2.24, 2.45) is 5.92 Å². The van der Waals surface area contributed by atoms with Crippen LogP contribution in [0.1, 0.15) is 24.3 Å². The van der Waals surface area contributed by atoms with Crippen molar-refractivity contribution < 1.29 is 9.90 Å². The number of carbonyl (C=O) groups is 1. The summed E-state index contributed by atoms with van der Waals surface area (Å²) in [4.78, 5) is 13.8. The summed E-state index contributed by atoms with van der Waals surface area (Å²) in [5, 5.41) is 9.52. The third kappa shape index (κ3) is 3.12. The molecule has 1 saturated heterocycles. The van der Waals surface area contributed by atoms with E-state index in [0.717, 1.165) is 36.0 Å². The first kappa shape index (κ1) is 13.6. The SMILES string of the molecule is CN1CCCC(C(C(=O)O)c2cccc(Br)c2)C1. The van der Waals surface area contributed by atoms with Gasteiger partial charge in [-0.05, 0) is 50.0 Å². The summed E-state index contributed by atoms with van der Waals surface area (Å²) in [6.07, 6.45) is 2.08. The zero-order valence-electron chi connectivity index (χ0n) is 10.5. The smallest absolute Gasteiger partial charge is 0.311 e. The van der Waals surface area contributed by atoms with Crippen molar-refractivity contribution in [2.75, 3.05) is 20.1 Å². The van der Waals surface area contributed by atoms with E-state index in [1.165, 1.54) is 0 Å². The normalized spacial score (nSPS) is 22.7. The Morgan fingerprint density at radius 2 is 2.33 bits per heavy atom. The van der Waals surface area contributed by atoms with Crippen LogP contribution in [0.4, 0.5) is 0 Å². The van der Waals surface area contributed by atoms with Crippen LogP contribution in [0.15, 0.2) is 28.7 Å². The van der Waals surface area contributed by atoms with Gasteiger partial charge in [0, 0.05) is 11.0 Å². The summed E-state index contributed by atoms with van der Waals surface area (Å²) in [7, 11) is 2.06. The van der Waals surface area contributed by atoms with Gasteiger partial charge in [-0.3, -0.25) is 4.79 Å². The number of carboxylic acids is 1. The van der Waals surface area contributed by atoms with Gasteiger partial charge < -0.3 is 10.0 Å². The molecule has 1 aliphatic rings. The Balaban J connectivity index is 2.25. The van der Waals surface area contributed by atoms with Crippen molar-refractivity contribution in [3.63, 3.8) is 0 Å². The number of hydrogen-bond donors (Lipinski definition) is 1. The maximum Gasteiger partial charge on any atom is 0.311 e. The second kappa shape index (κ2) is 5.85. The molecule has 1 aliphatic heterocycles. The third-order valence-corrected chi connectivity index (χ3v) is 4.10. The molecular weight excluding hydrogens is 294 g/mol. The number of aliphatic carboxylic acids is 1. The van der Waals surface area contributed by atoms with Crippen LogP contribution in [-0.2, 0) is 4.79 Å². The van der Waals surface area contributed by atoms with E-state index in [1.54, 1.807) is 0 Å². The molecule has 2 rings (SSSR count). The molecule has 0 saturated carbocycles. The minimum absolute atomic E-state index is 0.204. The van der Waals surface area contributed by atoms with Gasteiger partial charge in [0.25, 0.3) is 0 Å². The molecule has 1 heterocycles. The number of likely N-dealkylation sites (tertiary alicyclic amines) is 1. The molecule has 0 bridgehead atoms. The first-order valence-electron chi connectivity index (χ1n) is 6.24. The number of carboxylic acid groups (broad SMARTS) is 1. The Hall–Kier alpha value is -0.870. The van der Waals surface area contributed by atoms with Crippen LogP contribution in [0.5, 0.6) is 0 Å². The number of rotatable bonds is 3. The highest BCUT2D eigenvalue weighted by molar-refractivity contribution is 9.10. The monoisotopic (exact) mass is 311 g/mol. The molecule has 1 fully saturated rings. The van der Waals surface area contributed by atoms with Crippen LogP contribution in [0.2, 0.25) is 0 Å². The lowest BCUT2D eigenvalue weighted by atomic mass is 9.81. The second-order valence-corrected chi connectivity index (χ2v) is 5.95. The van der Waals surface area contributed by atoms with E-state index in [2.05, 4.69) is 27.9 Å². The minimum Gasteiger partial charge on any atom is -0.481 e. The van der Waals surface area contributed by atoms with Gasteiger partial charge in [0.05, 0.1) is 5.92 Å². The lowest BCUT2D eigenvalue weighted by molar-refractivity contribution is -0.140. The standard InChI is InChI=1S/C14H18BrNO2/c1-16-7-3-5-11(9-16)13(14(17)18)10-4-2-6-12(15)8-10/h2,4,6,8,11,13H,3,5,7,9H2,1H3,(H,17,18). The number of nitrogens with zero attached hydrogens (tertiary/aromatic N) is 1. The summed E-state index contributed by atoms with van der Waals surface area (Å²) in [5.41, 5.74) is 0.900. The molecule has 2 atom stereocenters. The van der Waals surface area contributed by atoms with Gasteiger partial charge in [-0.25, -0.2) is 0 Å². The minimum atomic E-state index is -0.714. The van der Waals surface area contributed by atoms with E-state index in [9.17, 15) is 9.90 Å². The Labute approximate surface area is 116 Å². The topological polar surface area (TPSA) is 40.5 Å². The Morgan fingerprint density at radius 1 is 1.56 bits per heavy atom. The van der Waals surface area contributed by atoms with E-state index in [1.807, 2.05) is 24.3 Å². The molecule has 4 heteroatoms. The van der Waals surface area contributed by atoms with Crippen LogP contribution in [0, 0.1) is 5.92 Å². The predicted octanol–water partition coefficient (Wildman–Crippen LogP) is 2.96. The molecule has 2 unspecified atom stereocenters. The Kier molecular flexibility index (Phi) is 4.40. The van der Waals surface area contributed by atoms with E-state index >= 15 is 0 Å². The quantitative estimate of drug-likeness (QED) is 0.933. The van der Waals surface area contributed by atoms with Crippen LogP contribution in [0.25, 0.3) is 0 Å². The van der Waals surface area contributed by atoms with Crippen LogP contribution >= 0.6 is 15.9 Å². The van der Waals surface area contributed by atoms with E-state index < -0.39 is 11.9 Å². The highest BCUT2D eigenvalue weighted by Crippen LogP contribution is 2.32. The molecule has 0 spiro atoms. The van der Waals surface area contributed by atoms with Crippen molar-refractivity contribution in [2.45, 2.75) is 18.8 Å². The molecule has 3 nitrogen and oxygen atoms in total. The summed E-state index contributed by atoms with van der Waals surface area (Å²) in [5.74, 6) is -0.908. The van der Waals surface area contributed by atoms with Crippen molar-refractivity contribution in [1.29, 1.82) is 0 Å². The molecule has 98 valence electrons. The lowest BCUT2D eigenvalue weighted by Gasteiger charge is -2.33. The molecule has 1 aromatic rings. The summed E-state index contributed by atoms with van der Waals surface area (Å²) in [6, 6.07) is 7.67. The van der Waals surface area contributed by atoms with Gasteiger partial charge in [-0.2, -0.15) is 0 Å². The zero-order valence-corrected chi connectivity index (χ0v) is 12.1. The average molecular weight is 312 g/mol. The van der Waals surface area contributed by atoms with Crippen molar-refractivity contribution in [3.8, 4) is 0 Å². The highest BCUT2D eigenvalue weighted by Gasteiger charge is 2.32. The highest BCUT2D eigenvalue weighted by atomic mass is 79.9. The molecule has 1 aromatic carbocycles. The van der Waals surface area contributed by atoms with Crippen molar-refractivity contribution in [1.82, 2.24) is 4.90 Å². The third-order valence-electron chi connectivity index (χ3n) is 3.61. The summed E-state index contributed by atoms with van der Waals surface area (Å²) in [6.45, 7) is 1.94. The first-order valence-corrected chi connectivity index (χ1v) is 7.04. The Bertz CT molecular complexity index is 436. The average Bonchev–Trinajstić information content (AvgIpc) is 2.28. The van der Waals surface area contributed by atoms with Gasteiger partial charge in [-0.15, -0.1) is 0 Å². The van der Waals surface area contributed by atoms with Gasteiger partial charge in [0.2, 0.25) is 0 Å². The number of halogens is 1. The maximum absolute atomic E-state index is 11.6. The zero-order chi connectivity index (χ0) is 13.1. The number of benzene rings is 1. The fraction of sp³-hybridized carbons (Fsp3) is 0.500. The van der Waals surface area contributed by atoms with Gasteiger partial charge in [0.1, 0.15) is 0 Å². The van der Waals surface area contributed by atoms with Gasteiger partial charge >= 0.3 is 5.97 Å². The van der Waals surface area contributed by atoms with Crippen molar-refractivity contribution >= 4 is 21.9 Å². The molecule has 0 radical (unpaired) electrons. The van der Waals surface area contributed by atoms with Crippen LogP contribution in [0.3, 0.4) is 0 Å². The second-order valence-electron chi connectivity index (χ2n) is 5.04. The predicted molar refractivity (Wildman–Crippen MR) is 74.7 cm³/mol. The van der Waals surface area contributed by atoms with E-state index in [4.69, 9.17) is 0 Å². The van der Waals surface area contributed by atoms with Crippen LogP contribution < -0.4 is 0 Å². The fourth-order valence-electron chi connectivity index (χ4n) is 2.79. The number of piperidine rings is 1. The van der Waals surface area contributed by atoms with Gasteiger partial charge in [-0.1, -0.05) is 28.1 Å². The number of hydrogen-bond acceptors (Lipinski definition) is 2. The maximum atomic E-state index is 11.6. The van der Waals surface area contributed by atoms with E-state index in [-0.39, 0.29) is 5.92 Å². The summed E-state index contributed by atoms with van der Waals surface area (Å²) < 4.78 is 0.940. The summed E-state index contributed by atoms with van der Waals surface area (Å²) >= 11 is 3.41. The largest absolute Gasteiger partial charge is 0.481 e. The first-order chi connectivity index (χ1) is 8.58. The molecule has 1 N–H and O–H groups in total. The fourth-order valence-corrected chi connectivity index (χ4v) is 3.21. The molecule has 0 aromatic heterocycles. The molecular formula is C14H18BrNO2. The molecule has 18 heavy (non-hydrogen) atoms. The molecule has 0 amide bonds. The Morgan fingerprint density at radius 3 is 2.94 bits per heavy atom. The van der Waals surface area contributed by atoms with E-state index in [0.29, 0.717) is 0 Å². The van der Waals surface area contributed by atoms with Gasteiger partial charge in [0.15, 0.2) is 0 Å². The van der Waals surface area contributed by atoms with Crippen LogP contribution in [-0.4, -0.2) is 36.1 Å². The lowest BCUT2D eigenvalue weighted by Crippen LogP contribution is -2.37. The van der Waals surface area contributed by atoms with Crippen molar-refractivity contribution in [3.05, 3.63) is 34.3 Å². The molecule has 0 aliphatic carbocycles.